The molecule has 3 rings (SSSR count). The van der Waals surface area contributed by atoms with E-state index in [1.165, 1.54) is 5.56 Å². The number of nitrogens with one attached hydrogen (secondary N) is 1. The van der Waals surface area contributed by atoms with E-state index in [1.807, 2.05) is 30.7 Å². The predicted molar refractivity (Wildman–Crippen MR) is 66.5 cm³/mol. The fourth-order valence-corrected chi connectivity index (χ4v) is 2.29. The van der Waals surface area contributed by atoms with E-state index in [0.29, 0.717) is 0 Å². The molecule has 0 bridgehead atoms. The molecule has 0 aliphatic rings. The summed E-state index contributed by atoms with van der Waals surface area (Å²) in [5.41, 5.74) is 4.35. The van der Waals surface area contributed by atoms with Gasteiger partial charge in [-0.15, -0.1) is 0 Å². The van der Waals surface area contributed by atoms with Crippen LogP contribution in [0.5, 0.6) is 0 Å². The zero-order valence-electron chi connectivity index (χ0n) is 9.61. The molecule has 3 aromatic rings. The Kier molecular flexibility index (Phi) is 1.84. The monoisotopic (exact) mass is 228 g/mol. The zero-order valence-corrected chi connectivity index (χ0v) is 9.61. The van der Waals surface area contributed by atoms with Gasteiger partial charge in [-0.05, 0) is 24.6 Å². The maximum absolute atomic E-state index is 10.9. The first kappa shape index (κ1) is 9.96. The summed E-state index contributed by atoms with van der Waals surface area (Å²) in [6.07, 6.45) is 0. The van der Waals surface area contributed by atoms with Gasteiger partial charge in [0, 0.05) is 12.4 Å². The van der Waals surface area contributed by atoms with Crippen LogP contribution in [0.2, 0.25) is 0 Å². The van der Waals surface area contributed by atoms with Gasteiger partial charge in [0.15, 0.2) is 0 Å². The molecule has 0 saturated carbocycles. The summed E-state index contributed by atoms with van der Waals surface area (Å²) in [6.45, 7) is 2.05. The third-order valence-electron chi connectivity index (χ3n) is 3.17. The lowest BCUT2D eigenvalue weighted by Crippen LogP contribution is -1.95. The van der Waals surface area contributed by atoms with Crippen LogP contribution in [0, 0.1) is 6.92 Å². The van der Waals surface area contributed by atoms with Gasteiger partial charge in [0.25, 0.3) is 0 Å². The average Bonchev–Trinajstić information content (AvgIpc) is 2.80. The Morgan fingerprint density at radius 3 is 2.76 bits per heavy atom. The standard InChI is InChI=1S/C13H12N2O2/c1-7-3-4-8-10(5-7)15(2)11-6-9(13(16)17)14-12(8)11/h3-6,14H,1-2H3,(H,16,17). The first-order chi connectivity index (χ1) is 8.08. The van der Waals surface area contributed by atoms with E-state index in [2.05, 4.69) is 11.1 Å². The first-order valence-electron chi connectivity index (χ1n) is 5.39. The highest BCUT2D eigenvalue weighted by Crippen LogP contribution is 2.28. The Morgan fingerprint density at radius 2 is 2.06 bits per heavy atom. The Morgan fingerprint density at radius 1 is 1.29 bits per heavy atom. The largest absolute Gasteiger partial charge is 0.477 e. The van der Waals surface area contributed by atoms with Crippen LogP contribution in [-0.4, -0.2) is 20.6 Å². The minimum absolute atomic E-state index is 0.230. The maximum Gasteiger partial charge on any atom is 0.352 e. The van der Waals surface area contributed by atoms with Crippen molar-refractivity contribution >= 4 is 27.9 Å². The molecule has 0 radical (unpaired) electrons. The number of rotatable bonds is 1. The van der Waals surface area contributed by atoms with Crippen LogP contribution in [-0.2, 0) is 7.05 Å². The van der Waals surface area contributed by atoms with E-state index in [-0.39, 0.29) is 5.69 Å². The first-order valence-corrected chi connectivity index (χ1v) is 5.39. The van der Waals surface area contributed by atoms with Crippen molar-refractivity contribution in [2.75, 3.05) is 0 Å². The number of aromatic nitrogens is 2. The number of aromatic amines is 1. The highest BCUT2D eigenvalue weighted by molar-refractivity contribution is 6.08. The number of carboxylic acids is 1. The molecule has 4 nitrogen and oxygen atoms in total. The number of carbonyl (C=O) groups is 1. The summed E-state index contributed by atoms with van der Waals surface area (Å²) in [7, 11) is 1.95. The second-order valence-corrected chi connectivity index (χ2v) is 4.33. The number of aryl methyl sites for hydroxylation is 2. The molecule has 0 unspecified atom stereocenters. The number of benzene rings is 1. The maximum atomic E-state index is 10.9. The third kappa shape index (κ3) is 1.27. The smallest absolute Gasteiger partial charge is 0.352 e. The molecule has 0 aliphatic carbocycles. The number of nitrogens with zero attached hydrogens (tertiary/aromatic N) is 1. The molecule has 0 aliphatic heterocycles. The number of H-pyrrole nitrogens is 1. The molecule has 2 heterocycles. The van der Waals surface area contributed by atoms with Crippen molar-refractivity contribution in [3.05, 3.63) is 35.5 Å². The quantitative estimate of drug-likeness (QED) is 0.672. The van der Waals surface area contributed by atoms with Crippen molar-refractivity contribution in [1.29, 1.82) is 0 Å². The van der Waals surface area contributed by atoms with Gasteiger partial charge in [-0.25, -0.2) is 4.79 Å². The lowest BCUT2D eigenvalue weighted by Gasteiger charge is -1.98. The van der Waals surface area contributed by atoms with Crippen LogP contribution in [0.25, 0.3) is 21.9 Å². The molecule has 17 heavy (non-hydrogen) atoms. The predicted octanol–water partition coefficient (Wildman–Crippen LogP) is 2.67. The van der Waals surface area contributed by atoms with E-state index in [9.17, 15) is 4.79 Å². The van der Waals surface area contributed by atoms with E-state index < -0.39 is 5.97 Å². The molecular formula is C13H12N2O2. The van der Waals surface area contributed by atoms with E-state index in [1.54, 1.807) is 6.07 Å². The molecule has 86 valence electrons. The number of aromatic carboxylic acids is 1. The molecule has 4 heteroatoms. The summed E-state index contributed by atoms with van der Waals surface area (Å²) in [6, 6.07) is 7.83. The van der Waals surface area contributed by atoms with Crippen molar-refractivity contribution in [1.82, 2.24) is 9.55 Å². The Balaban J connectivity index is 2.46. The van der Waals surface area contributed by atoms with Crippen LogP contribution in [0.4, 0.5) is 0 Å². The summed E-state index contributed by atoms with van der Waals surface area (Å²) < 4.78 is 2.01. The van der Waals surface area contributed by atoms with Crippen LogP contribution < -0.4 is 0 Å². The summed E-state index contributed by atoms with van der Waals surface area (Å²) >= 11 is 0. The number of carboxylic acid groups (broad SMARTS) is 1. The summed E-state index contributed by atoms with van der Waals surface area (Å²) in [4.78, 5) is 13.9. The highest BCUT2D eigenvalue weighted by Gasteiger charge is 2.14. The molecule has 0 fully saturated rings. The van der Waals surface area contributed by atoms with Crippen molar-refractivity contribution in [3.8, 4) is 0 Å². The van der Waals surface area contributed by atoms with Crippen LogP contribution in [0.1, 0.15) is 16.1 Å². The van der Waals surface area contributed by atoms with E-state index in [0.717, 1.165) is 21.9 Å². The summed E-state index contributed by atoms with van der Waals surface area (Å²) in [5.74, 6) is -0.929. The van der Waals surface area contributed by atoms with E-state index >= 15 is 0 Å². The van der Waals surface area contributed by atoms with Gasteiger partial charge in [0.05, 0.1) is 16.6 Å². The fourth-order valence-electron chi connectivity index (χ4n) is 2.29. The lowest BCUT2D eigenvalue weighted by molar-refractivity contribution is 0.0691. The molecule has 0 spiro atoms. The van der Waals surface area contributed by atoms with Crippen molar-refractivity contribution in [2.24, 2.45) is 7.05 Å². The van der Waals surface area contributed by atoms with Crippen molar-refractivity contribution in [3.63, 3.8) is 0 Å². The van der Waals surface area contributed by atoms with Gasteiger partial charge in [-0.1, -0.05) is 12.1 Å². The second kappa shape index (κ2) is 3.13. The van der Waals surface area contributed by atoms with Gasteiger partial charge in [0.1, 0.15) is 5.69 Å². The van der Waals surface area contributed by atoms with Crippen LogP contribution in [0.15, 0.2) is 24.3 Å². The Labute approximate surface area is 97.5 Å². The molecule has 2 N–H and O–H groups in total. The molecule has 0 atom stereocenters. The Hall–Kier alpha value is -2.23. The molecular weight excluding hydrogens is 216 g/mol. The average molecular weight is 228 g/mol. The van der Waals surface area contributed by atoms with Crippen molar-refractivity contribution < 1.29 is 9.90 Å². The topological polar surface area (TPSA) is 58.0 Å². The highest BCUT2D eigenvalue weighted by atomic mass is 16.4. The SMILES string of the molecule is Cc1ccc2c3[nH]c(C(=O)O)cc3n(C)c2c1. The fraction of sp³-hybridized carbons (Fsp3) is 0.154. The van der Waals surface area contributed by atoms with Gasteiger partial charge >= 0.3 is 5.97 Å². The summed E-state index contributed by atoms with van der Waals surface area (Å²) in [5, 5.41) is 10.0. The number of hydrogen-bond acceptors (Lipinski definition) is 1. The third-order valence-corrected chi connectivity index (χ3v) is 3.17. The number of hydrogen-bond donors (Lipinski definition) is 2. The van der Waals surface area contributed by atoms with Gasteiger partial charge < -0.3 is 14.7 Å². The van der Waals surface area contributed by atoms with Crippen LogP contribution >= 0.6 is 0 Å². The van der Waals surface area contributed by atoms with Gasteiger partial charge in [0.2, 0.25) is 0 Å². The molecule has 0 amide bonds. The normalized spacial score (nSPS) is 11.4. The lowest BCUT2D eigenvalue weighted by atomic mass is 10.2. The zero-order chi connectivity index (χ0) is 12.2. The minimum atomic E-state index is -0.929. The van der Waals surface area contributed by atoms with Gasteiger partial charge in [-0.3, -0.25) is 0 Å². The van der Waals surface area contributed by atoms with Crippen LogP contribution in [0.3, 0.4) is 0 Å². The van der Waals surface area contributed by atoms with Gasteiger partial charge in [-0.2, -0.15) is 0 Å². The molecule has 2 aromatic heterocycles. The molecule has 0 saturated heterocycles. The number of fused-ring (bicyclic) bond motifs is 3. The van der Waals surface area contributed by atoms with E-state index in [4.69, 9.17) is 5.11 Å². The molecule has 1 aromatic carbocycles. The van der Waals surface area contributed by atoms with Crippen molar-refractivity contribution in [2.45, 2.75) is 6.92 Å². The Bertz CT molecular complexity index is 750. The minimum Gasteiger partial charge on any atom is -0.477 e. The second-order valence-electron chi connectivity index (χ2n) is 4.33.